The Morgan fingerprint density at radius 3 is 1.20 bits per heavy atom. The molecule has 9 aromatic rings. The third-order valence-corrected chi connectivity index (χ3v) is 8.65. The summed E-state index contributed by atoms with van der Waals surface area (Å²) >= 11 is 0. The summed E-state index contributed by atoms with van der Waals surface area (Å²) in [6, 6.07) is 53.6. The molecule has 44 heavy (non-hydrogen) atoms. The molecule has 0 radical (unpaired) electrons. The van der Waals surface area contributed by atoms with Crippen molar-refractivity contribution in [3.8, 4) is 34.2 Å². The minimum atomic E-state index is 0.658. The lowest BCUT2D eigenvalue weighted by Gasteiger charge is -2.11. The second kappa shape index (κ2) is 9.82. The SMILES string of the molecule is c1ccc2cc(-c3nc(-c4ccc5ccccc5c4)nc(-c4ccc5ccc6c7ccccc7ccc6c5c4)n3)ccc2c1. The maximum Gasteiger partial charge on any atom is 0.164 e. The molecule has 9 rings (SSSR count). The first kappa shape index (κ1) is 24.6. The van der Waals surface area contributed by atoms with Gasteiger partial charge in [0.15, 0.2) is 17.5 Å². The molecule has 0 N–H and O–H groups in total. The van der Waals surface area contributed by atoms with E-state index in [-0.39, 0.29) is 0 Å². The van der Waals surface area contributed by atoms with Crippen LogP contribution in [0.2, 0.25) is 0 Å². The molecule has 0 atom stereocenters. The third-order valence-electron chi connectivity index (χ3n) is 8.65. The van der Waals surface area contributed by atoms with Gasteiger partial charge in [-0.15, -0.1) is 0 Å². The first-order valence-corrected chi connectivity index (χ1v) is 14.9. The fourth-order valence-corrected chi connectivity index (χ4v) is 6.38. The molecule has 0 spiro atoms. The van der Waals surface area contributed by atoms with Crippen molar-refractivity contribution in [2.75, 3.05) is 0 Å². The van der Waals surface area contributed by atoms with Crippen molar-refractivity contribution in [1.82, 2.24) is 15.0 Å². The molecule has 1 heterocycles. The number of hydrogen-bond donors (Lipinski definition) is 0. The lowest BCUT2D eigenvalue weighted by Crippen LogP contribution is -2.00. The van der Waals surface area contributed by atoms with E-state index in [9.17, 15) is 0 Å². The van der Waals surface area contributed by atoms with Crippen molar-refractivity contribution in [1.29, 1.82) is 0 Å². The minimum Gasteiger partial charge on any atom is -0.208 e. The Balaban J connectivity index is 1.27. The van der Waals surface area contributed by atoms with Gasteiger partial charge in [-0.25, -0.2) is 15.0 Å². The highest BCUT2D eigenvalue weighted by Crippen LogP contribution is 2.34. The molecule has 0 fully saturated rings. The van der Waals surface area contributed by atoms with Gasteiger partial charge < -0.3 is 0 Å². The first-order chi connectivity index (χ1) is 21.8. The summed E-state index contributed by atoms with van der Waals surface area (Å²) in [6.07, 6.45) is 0. The quantitative estimate of drug-likeness (QED) is 0.202. The zero-order valence-electron chi connectivity index (χ0n) is 23.8. The summed E-state index contributed by atoms with van der Waals surface area (Å²) in [6.45, 7) is 0. The molecular weight excluding hydrogens is 534 g/mol. The van der Waals surface area contributed by atoms with Crippen LogP contribution in [0.4, 0.5) is 0 Å². The van der Waals surface area contributed by atoms with Crippen LogP contribution in [0.15, 0.2) is 152 Å². The largest absolute Gasteiger partial charge is 0.208 e. The molecule has 0 bridgehead atoms. The summed E-state index contributed by atoms with van der Waals surface area (Å²) in [7, 11) is 0. The second-order valence-corrected chi connectivity index (χ2v) is 11.3. The average molecular weight is 560 g/mol. The van der Waals surface area contributed by atoms with Crippen LogP contribution in [0.5, 0.6) is 0 Å². The van der Waals surface area contributed by atoms with Gasteiger partial charge in [-0.05, 0) is 72.1 Å². The number of hydrogen-bond acceptors (Lipinski definition) is 3. The van der Waals surface area contributed by atoms with Crippen LogP contribution >= 0.6 is 0 Å². The summed E-state index contributed by atoms with van der Waals surface area (Å²) in [5, 5.41) is 12.0. The first-order valence-electron chi connectivity index (χ1n) is 14.9. The number of nitrogens with zero attached hydrogens (tertiary/aromatic N) is 3. The average Bonchev–Trinajstić information content (AvgIpc) is 3.10. The van der Waals surface area contributed by atoms with Crippen molar-refractivity contribution < 1.29 is 0 Å². The number of benzene rings is 8. The van der Waals surface area contributed by atoms with Gasteiger partial charge in [-0.3, -0.25) is 0 Å². The number of fused-ring (bicyclic) bond motifs is 7. The molecular formula is C41H25N3. The van der Waals surface area contributed by atoms with E-state index in [4.69, 9.17) is 15.0 Å². The number of aromatic nitrogens is 3. The van der Waals surface area contributed by atoms with Crippen molar-refractivity contribution in [3.05, 3.63) is 152 Å². The highest BCUT2D eigenvalue weighted by Gasteiger charge is 2.14. The Kier molecular flexibility index (Phi) is 5.50. The van der Waals surface area contributed by atoms with Gasteiger partial charge >= 0.3 is 0 Å². The second-order valence-electron chi connectivity index (χ2n) is 11.3. The van der Waals surface area contributed by atoms with Crippen LogP contribution in [-0.4, -0.2) is 15.0 Å². The minimum absolute atomic E-state index is 0.658. The summed E-state index contributed by atoms with van der Waals surface area (Å²) < 4.78 is 0. The predicted molar refractivity (Wildman–Crippen MR) is 184 cm³/mol. The van der Waals surface area contributed by atoms with Crippen LogP contribution < -0.4 is 0 Å². The third kappa shape index (κ3) is 4.10. The topological polar surface area (TPSA) is 38.7 Å². The molecule has 0 aliphatic heterocycles. The molecule has 1 aromatic heterocycles. The van der Waals surface area contributed by atoms with Crippen molar-refractivity contribution >= 4 is 53.9 Å². The highest BCUT2D eigenvalue weighted by molar-refractivity contribution is 6.17. The number of rotatable bonds is 3. The molecule has 3 nitrogen and oxygen atoms in total. The van der Waals surface area contributed by atoms with E-state index in [1.807, 2.05) is 0 Å². The Labute approximate surface area is 254 Å². The summed E-state index contributed by atoms with van der Waals surface area (Å²) in [5.74, 6) is 1.98. The van der Waals surface area contributed by atoms with E-state index in [1.165, 1.54) is 43.1 Å². The molecule has 0 unspecified atom stereocenters. The monoisotopic (exact) mass is 559 g/mol. The van der Waals surface area contributed by atoms with Crippen molar-refractivity contribution in [2.45, 2.75) is 0 Å². The smallest absolute Gasteiger partial charge is 0.164 e. The molecule has 0 amide bonds. The molecule has 0 saturated heterocycles. The van der Waals surface area contributed by atoms with Gasteiger partial charge in [0.25, 0.3) is 0 Å². The van der Waals surface area contributed by atoms with Gasteiger partial charge in [-0.1, -0.05) is 133 Å². The Morgan fingerprint density at radius 1 is 0.250 bits per heavy atom. The van der Waals surface area contributed by atoms with E-state index in [1.54, 1.807) is 0 Å². The normalized spacial score (nSPS) is 11.6. The van der Waals surface area contributed by atoms with E-state index in [0.717, 1.165) is 27.5 Å². The van der Waals surface area contributed by atoms with Gasteiger partial charge in [0.1, 0.15) is 0 Å². The van der Waals surface area contributed by atoms with E-state index >= 15 is 0 Å². The maximum absolute atomic E-state index is 5.08. The lowest BCUT2D eigenvalue weighted by atomic mass is 9.96. The fraction of sp³-hybridized carbons (Fsp3) is 0. The fourth-order valence-electron chi connectivity index (χ4n) is 6.38. The van der Waals surface area contributed by atoms with Crippen molar-refractivity contribution in [2.24, 2.45) is 0 Å². The Morgan fingerprint density at radius 2 is 0.636 bits per heavy atom. The molecule has 0 saturated carbocycles. The lowest BCUT2D eigenvalue weighted by molar-refractivity contribution is 1.08. The highest BCUT2D eigenvalue weighted by atomic mass is 15.0. The van der Waals surface area contributed by atoms with Crippen molar-refractivity contribution in [3.63, 3.8) is 0 Å². The van der Waals surface area contributed by atoms with Gasteiger partial charge in [0.05, 0.1) is 0 Å². The van der Waals surface area contributed by atoms with Crippen LogP contribution in [-0.2, 0) is 0 Å². The van der Waals surface area contributed by atoms with Crippen LogP contribution in [0.3, 0.4) is 0 Å². The molecule has 0 aliphatic carbocycles. The Hall–Kier alpha value is -5.93. The summed E-state index contributed by atoms with van der Waals surface area (Å²) in [4.78, 5) is 15.2. The van der Waals surface area contributed by atoms with Gasteiger partial charge in [0, 0.05) is 16.7 Å². The standard InChI is InChI=1S/C41H25N3/c1-3-10-30-23-32(16-13-26(30)7-1)39-42-40(33-17-14-27-8-2-4-11-31(27)24-33)44-41(43-39)34-18-15-29-20-21-36-35-12-6-5-9-28(35)19-22-37(36)38(29)25-34/h1-25H. The molecule has 3 heteroatoms. The van der Waals surface area contributed by atoms with Crippen LogP contribution in [0.25, 0.3) is 88.0 Å². The predicted octanol–water partition coefficient (Wildman–Crippen LogP) is 10.6. The molecule has 0 aliphatic rings. The summed E-state index contributed by atoms with van der Waals surface area (Å²) in [5.41, 5.74) is 2.89. The van der Waals surface area contributed by atoms with Crippen LogP contribution in [0.1, 0.15) is 0 Å². The molecule has 8 aromatic carbocycles. The zero-order valence-corrected chi connectivity index (χ0v) is 23.8. The van der Waals surface area contributed by atoms with Crippen LogP contribution in [0, 0.1) is 0 Å². The van der Waals surface area contributed by atoms with E-state index in [2.05, 4.69) is 152 Å². The van der Waals surface area contributed by atoms with Gasteiger partial charge in [-0.2, -0.15) is 0 Å². The Bertz CT molecular complexity index is 2470. The van der Waals surface area contributed by atoms with Gasteiger partial charge in [0.2, 0.25) is 0 Å². The molecule has 204 valence electrons. The van der Waals surface area contributed by atoms with E-state index in [0.29, 0.717) is 17.5 Å². The maximum atomic E-state index is 5.08. The zero-order chi connectivity index (χ0) is 29.0. The van der Waals surface area contributed by atoms with E-state index < -0.39 is 0 Å².